The normalized spacial score (nSPS) is 17.8. The first-order valence-corrected chi connectivity index (χ1v) is 9.31. The van der Waals surface area contributed by atoms with E-state index in [9.17, 15) is 4.79 Å². The lowest BCUT2D eigenvalue weighted by atomic mass is 10.2. The Morgan fingerprint density at radius 1 is 1.27 bits per heavy atom. The Morgan fingerprint density at radius 3 is 2.55 bits per heavy atom. The standard InChI is InChI=1S/C16H20N2O2S2/c19-16(17-8-7-12-4-1-9-20-12)18-15(13-5-2-10-21-13)14-6-3-11-22-14/h2-3,5-6,10-12,15H,1,4,7-9H2,(H2,17,18,19)/t12-/m0/s1. The van der Waals surface area contributed by atoms with Crippen molar-refractivity contribution in [3.8, 4) is 0 Å². The van der Waals surface area contributed by atoms with Gasteiger partial charge in [0.05, 0.1) is 12.1 Å². The van der Waals surface area contributed by atoms with Crippen LogP contribution in [0.5, 0.6) is 0 Å². The molecule has 0 aromatic carbocycles. The molecule has 1 fully saturated rings. The van der Waals surface area contributed by atoms with Gasteiger partial charge in [0.2, 0.25) is 0 Å². The lowest BCUT2D eigenvalue weighted by Crippen LogP contribution is -2.39. The van der Waals surface area contributed by atoms with Crippen LogP contribution in [0.15, 0.2) is 35.0 Å². The molecule has 3 heterocycles. The molecule has 0 radical (unpaired) electrons. The van der Waals surface area contributed by atoms with Gasteiger partial charge in [0, 0.05) is 22.9 Å². The van der Waals surface area contributed by atoms with Crippen molar-refractivity contribution in [3.05, 3.63) is 44.8 Å². The summed E-state index contributed by atoms with van der Waals surface area (Å²) >= 11 is 3.32. The van der Waals surface area contributed by atoms with E-state index in [0.29, 0.717) is 12.6 Å². The van der Waals surface area contributed by atoms with Gasteiger partial charge in [-0.15, -0.1) is 22.7 Å². The zero-order valence-corrected chi connectivity index (χ0v) is 13.9. The highest BCUT2D eigenvalue weighted by Crippen LogP contribution is 2.28. The lowest BCUT2D eigenvalue weighted by molar-refractivity contribution is 0.104. The summed E-state index contributed by atoms with van der Waals surface area (Å²) in [6.07, 6.45) is 3.44. The van der Waals surface area contributed by atoms with Gasteiger partial charge >= 0.3 is 6.03 Å². The minimum Gasteiger partial charge on any atom is -0.378 e. The van der Waals surface area contributed by atoms with Crippen molar-refractivity contribution >= 4 is 28.7 Å². The number of hydrogen-bond acceptors (Lipinski definition) is 4. The molecular weight excluding hydrogens is 316 g/mol. The Hall–Kier alpha value is -1.37. The molecule has 2 N–H and O–H groups in total. The summed E-state index contributed by atoms with van der Waals surface area (Å²) in [7, 11) is 0. The van der Waals surface area contributed by atoms with E-state index in [4.69, 9.17) is 4.74 Å². The first-order chi connectivity index (χ1) is 10.8. The van der Waals surface area contributed by atoms with Crippen LogP contribution in [0.4, 0.5) is 4.79 Å². The Kier molecular flexibility index (Phi) is 5.48. The third-order valence-electron chi connectivity index (χ3n) is 3.71. The molecule has 1 atom stereocenters. The van der Waals surface area contributed by atoms with Gasteiger partial charge in [0.15, 0.2) is 0 Å². The van der Waals surface area contributed by atoms with Gasteiger partial charge in [-0.3, -0.25) is 0 Å². The second-order valence-electron chi connectivity index (χ2n) is 5.29. The van der Waals surface area contributed by atoms with Crippen LogP contribution in [-0.2, 0) is 4.74 Å². The average Bonchev–Trinajstić information content (AvgIpc) is 3.26. The van der Waals surface area contributed by atoms with Gasteiger partial charge < -0.3 is 15.4 Å². The van der Waals surface area contributed by atoms with Crippen LogP contribution >= 0.6 is 22.7 Å². The SMILES string of the molecule is O=C(NCC[C@@H]1CCCO1)NC(c1cccs1)c1cccs1. The number of hydrogen-bond donors (Lipinski definition) is 2. The van der Waals surface area contributed by atoms with Gasteiger partial charge in [-0.05, 0) is 42.2 Å². The van der Waals surface area contributed by atoms with Crippen molar-refractivity contribution in [1.29, 1.82) is 0 Å². The maximum Gasteiger partial charge on any atom is 0.315 e. The number of ether oxygens (including phenoxy) is 1. The van der Waals surface area contributed by atoms with E-state index in [1.807, 2.05) is 22.9 Å². The smallest absolute Gasteiger partial charge is 0.315 e. The second kappa shape index (κ2) is 7.76. The molecule has 1 aliphatic rings. The summed E-state index contributed by atoms with van der Waals surface area (Å²) in [5.74, 6) is 0. The summed E-state index contributed by atoms with van der Waals surface area (Å²) in [4.78, 5) is 14.5. The molecule has 1 saturated heterocycles. The molecule has 22 heavy (non-hydrogen) atoms. The average molecular weight is 336 g/mol. The predicted molar refractivity (Wildman–Crippen MR) is 90.6 cm³/mol. The predicted octanol–water partition coefficient (Wildman–Crippen LogP) is 3.77. The molecule has 2 aromatic rings. The van der Waals surface area contributed by atoms with E-state index < -0.39 is 0 Å². The summed E-state index contributed by atoms with van der Waals surface area (Å²) < 4.78 is 5.57. The van der Waals surface area contributed by atoms with Crippen LogP contribution in [0, 0.1) is 0 Å². The monoisotopic (exact) mass is 336 g/mol. The summed E-state index contributed by atoms with van der Waals surface area (Å²) in [5.41, 5.74) is 0. The van der Waals surface area contributed by atoms with E-state index >= 15 is 0 Å². The van der Waals surface area contributed by atoms with Crippen molar-refractivity contribution in [2.24, 2.45) is 0 Å². The maximum absolute atomic E-state index is 12.2. The van der Waals surface area contributed by atoms with Crippen molar-refractivity contribution in [1.82, 2.24) is 10.6 Å². The van der Waals surface area contributed by atoms with E-state index in [2.05, 4.69) is 22.8 Å². The van der Waals surface area contributed by atoms with Crippen LogP contribution in [0.2, 0.25) is 0 Å². The zero-order valence-electron chi connectivity index (χ0n) is 12.3. The number of nitrogens with one attached hydrogen (secondary N) is 2. The molecule has 1 aliphatic heterocycles. The molecule has 3 rings (SSSR count). The minimum atomic E-state index is -0.121. The molecule has 4 nitrogen and oxygen atoms in total. The van der Waals surface area contributed by atoms with Crippen LogP contribution in [-0.4, -0.2) is 25.3 Å². The fourth-order valence-electron chi connectivity index (χ4n) is 2.59. The van der Waals surface area contributed by atoms with Crippen LogP contribution < -0.4 is 10.6 Å². The number of amides is 2. The molecule has 0 spiro atoms. The number of thiophene rings is 2. The zero-order chi connectivity index (χ0) is 15.2. The number of rotatable bonds is 6. The van der Waals surface area contributed by atoms with E-state index in [-0.39, 0.29) is 12.1 Å². The van der Waals surface area contributed by atoms with Gasteiger partial charge in [-0.2, -0.15) is 0 Å². The molecular formula is C16H20N2O2S2. The number of urea groups is 1. The van der Waals surface area contributed by atoms with Crippen molar-refractivity contribution in [2.45, 2.75) is 31.4 Å². The Balaban J connectivity index is 1.53. The molecule has 0 saturated carbocycles. The van der Waals surface area contributed by atoms with Crippen molar-refractivity contribution < 1.29 is 9.53 Å². The van der Waals surface area contributed by atoms with E-state index in [1.54, 1.807) is 22.7 Å². The van der Waals surface area contributed by atoms with E-state index in [0.717, 1.165) is 35.6 Å². The molecule has 118 valence electrons. The maximum atomic E-state index is 12.2. The topological polar surface area (TPSA) is 50.4 Å². The van der Waals surface area contributed by atoms with Crippen LogP contribution in [0.3, 0.4) is 0 Å². The van der Waals surface area contributed by atoms with Crippen molar-refractivity contribution in [2.75, 3.05) is 13.2 Å². The molecule has 2 amide bonds. The molecule has 0 unspecified atom stereocenters. The van der Waals surface area contributed by atoms with Gasteiger partial charge in [0.1, 0.15) is 0 Å². The summed E-state index contributed by atoms with van der Waals surface area (Å²) in [5, 5.41) is 10.1. The first-order valence-electron chi connectivity index (χ1n) is 7.55. The second-order valence-corrected chi connectivity index (χ2v) is 7.25. The number of carbonyl (C=O) groups excluding carboxylic acids is 1. The Bertz CT molecular complexity index is 529. The summed E-state index contributed by atoms with van der Waals surface area (Å²) in [6, 6.07) is 7.95. The highest BCUT2D eigenvalue weighted by molar-refractivity contribution is 7.11. The highest BCUT2D eigenvalue weighted by Gasteiger charge is 2.19. The van der Waals surface area contributed by atoms with Crippen LogP contribution in [0.25, 0.3) is 0 Å². The Morgan fingerprint density at radius 2 is 2.00 bits per heavy atom. The fourth-order valence-corrected chi connectivity index (χ4v) is 4.26. The van der Waals surface area contributed by atoms with Crippen LogP contribution in [0.1, 0.15) is 35.1 Å². The minimum absolute atomic E-state index is 0.0669. The van der Waals surface area contributed by atoms with E-state index in [1.165, 1.54) is 0 Å². The third kappa shape index (κ3) is 4.09. The van der Waals surface area contributed by atoms with Gasteiger partial charge in [-0.1, -0.05) is 12.1 Å². The molecule has 6 heteroatoms. The number of carbonyl (C=O) groups is 1. The lowest BCUT2D eigenvalue weighted by Gasteiger charge is -2.17. The Labute approximate surface area is 138 Å². The van der Waals surface area contributed by atoms with Crippen molar-refractivity contribution in [3.63, 3.8) is 0 Å². The van der Waals surface area contributed by atoms with Gasteiger partial charge in [-0.25, -0.2) is 4.79 Å². The molecule has 0 aliphatic carbocycles. The highest BCUT2D eigenvalue weighted by atomic mass is 32.1. The summed E-state index contributed by atoms with van der Waals surface area (Å²) in [6.45, 7) is 1.51. The quantitative estimate of drug-likeness (QED) is 0.844. The first kappa shape index (κ1) is 15.5. The molecule has 2 aromatic heterocycles. The largest absolute Gasteiger partial charge is 0.378 e. The molecule has 0 bridgehead atoms. The van der Waals surface area contributed by atoms with Gasteiger partial charge in [0.25, 0.3) is 0 Å². The fraction of sp³-hybridized carbons (Fsp3) is 0.438. The third-order valence-corrected chi connectivity index (χ3v) is 5.58.